The molecule has 0 aliphatic heterocycles. The van der Waals surface area contributed by atoms with E-state index < -0.39 is 22.9 Å². The molecule has 1 amide bonds. The van der Waals surface area contributed by atoms with Gasteiger partial charge >= 0.3 is 0 Å². The lowest BCUT2D eigenvalue weighted by Gasteiger charge is -2.20. The van der Waals surface area contributed by atoms with Crippen LogP contribution < -0.4 is 5.32 Å². The second-order valence-corrected chi connectivity index (χ2v) is 4.55. The summed E-state index contributed by atoms with van der Waals surface area (Å²) in [4.78, 5) is 10.1. The summed E-state index contributed by atoms with van der Waals surface area (Å²) in [6, 6.07) is 8.61. The molecule has 2 atom stereocenters. The fourth-order valence-electron chi connectivity index (χ4n) is 1.31. The molecule has 0 saturated carbocycles. The third-order valence-corrected chi connectivity index (χ3v) is 2.58. The van der Waals surface area contributed by atoms with Gasteiger partial charge in [-0.05, 0) is 12.5 Å². The number of halogens is 2. The van der Waals surface area contributed by atoms with E-state index in [1.165, 1.54) is 0 Å². The highest BCUT2D eigenvalue weighted by atomic mass is 35.5. The van der Waals surface area contributed by atoms with Crippen molar-refractivity contribution in [2.24, 2.45) is 0 Å². The summed E-state index contributed by atoms with van der Waals surface area (Å²) in [7, 11) is 0. The van der Waals surface area contributed by atoms with Gasteiger partial charge in [0.05, 0.1) is 12.1 Å². The van der Waals surface area contributed by atoms with E-state index in [2.05, 4.69) is 5.32 Å². The normalized spacial score (nSPS) is 14.6. The van der Waals surface area contributed by atoms with Gasteiger partial charge in [0.1, 0.15) is 0 Å². The molecule has 2 N–H and O–H groups in total. The molecule has 0 unspecified atom stereocenters. The summed E-state index contributed by atoms with van der Waals surface area (Å²) in [5.41, 5.74) is 0.732. The first-order chi connectivity index (χ1) is 7.52. The molecule has 0 aromatic heterocycles. The van der Waals surface area contributed by atoms with Gasteiger partial charge in [0, 0.05) is 0 Å². The van der Waals surface area contributed by atoms with E-state index in [0.717, 1.165) is 5.56 Å². The van der Waals surface area contributed by atoms with E-state index in [0.29, 0.717) is 0 Å². The smallest absolute Gasteiger partial charge is 0.253 e. The molecule has 5 heteroatoms. The Labute approximate surface area is 104 Å². The molecule has 0 saturated heterocycles. The molecule has 1 aromatic rings. The third kappa shape index (κ3) is 3.67. The lowest BCUT2D eigenvalue weighted by Crippen LogP contribution is -2.39. The van der Waals surface area contributed by atoms with E-state index in [4.69, 9.17) is 23.2 Å². The molecule has 0 aliphatic carbocycles. The largest absolute Gasteiger partial charge is 0.386 e. The van der Waals surface area contributed by atoms with Gasteiger partial charge in [-0.1, -0.05) is 53.5 Å². The Morgan fingerprint density at radius 2 is 1.88 bits per heavy atom. The number of amides is 1. The SMILES string of the molecule is C[C@@H](NC(=O)C(Cl)Cl)[C@@H](O)c1ccccc1. The van der Waals surface area contributed by atoms with Gasteiger partial charge in [-0.25, -0.2) is 0 Å². The molecule has 0 aliphatic rings. The number of hydrogen-bond acceptors (Lipinski definition) is 2. The zero-order valence-corrected chi connectivity index (χ0v) is 10.2. The predicted octanol–water partition coefficient (Wildman–Crippen LogP) is 2.03. The molecule has 0 bridgehead atoms. The molecule has 0 heterocycles. The standard InChI is InChI=1S/C11H13Cl2NO2/c1-7(14-11(16)10(12)13)9(15)8-5-3-2-4-6-8/h2-7,9-10,15H,1H3,(H,14,16)/t7-,9-/m1/s1. The molecule has 0 spiro atoms. The summed E-state index contributed by atoms with van der Waals surface area (Å²) in [5.74, 6) is -0.509. The second kappa shape index (κ2) is 6.09. The summed E-state index contributed by atoms with van der Waals surface area (Å²) >= 11 is 10.8. The van der Waals surface area contributed by atoms with Crippen molar-refractivity contribution in [3.8, 4) is 0 Å². The number of hydrogen-bond donors (Lipinski definition) is 2. The maximum atomic E-state index is 11.2. The number of nitrogens with one attached hydrogen (secondary N) is 1. The zero-order valence-electron chi connectivity index (χ0n) is 8.73. The van der Waals surface area contributed by atoms with Crippen LogP contribution in [0.5, 0.6) is 0 Å². The minimum atomic E-state index is -1.12. The highest BCUT2D eigenvalue weighted by Crippen LogP contribution is 2.16. The summed E-state index contributed by atoms with van der Waals surface area (Å²) < 4.78 is 0. The van der Waals surface area contributed by atoms with Crippen LogP contribution in [0.2, 0.25) is 0 Å². The minimum absolute atomic E-state index is 0.449. The maximum Gasteiger partial charge on any atom is 0.253 e. The van der Waals surface area contributed by atoms with Crippen LogP contribution in [0.3, 0.4) is 0 Å². The van der Waals surface area contributed by atoms with Crippen LogP contribution in [0.4, 0.5) is 0 Å². The summed E-state index contributed by atoms with van der Waals surface area (Å²) in [6.45, 7) is 1.69. The van der Waals surface area contributed by atoms with E-state index in [1.807, 2.05) is 18.2 Å². The van der Waals surface area contributed by atoms with Gasteiger partial charge in [0.15, 0.2) is 4.84 Å². The van der Waals surface area contributed by atoms with Gasteiger partial charge < -0.3 is 10.4 Å². The van der Waals surface area contributed by atoms with Crippen LogP contribution in [0.1, 0.15) is 18.6 Å². The van der Waals surface area contributed by atoms with Gasteiger partial charge in [-0.3, -0.25) is 4.79 Å². The molecule has 0 fully saturated rings. The van der Waals surface area contributed by atoms with Crippen LogP contribution in [0.25, 0.3) is 0 Å². The van der Waals surface area contributed by atoms with Crippen molar-refractivity contribution in [2.45, 2.75) is 23.9 Å². The van der Waals surface area contributed by atoms with Crippen molar-refractivity contribution in [1.82, 2.24) is 5.32 Å². The van der Waals surface area contributed by atoms with Crippen LogP contribution >= 0.6 is 23.2 Å². The lowest BCUT2D eigenvalue weighted by atomic mass is 10.0. The monoisotopic (exact) mass is 261 g/mol. The molecule has 0 radical (unpaired) electrons. The van der Waals surface area contributed by atoms with Crippen LogP contribution in [0.15, 0.2) is 30.3 Å². The van der Waals surface area contributed by atoms with Crippen molar-refractivity contribution in [1.29, 1.82) is 0 Å². The summed E-state index contributed by atoms with van der Waals surface area (Å²) in [6.07, 6.45) is -0.780. The Bertz CT molecular complexity index is 343. The zero-order chi connectivity index (χ0) is 12.1. The number of benzene rings is 1. The van der Waals surface area contributed by atoms with Crippen molar-refractivity contribution in [3.63, 3.8) is 0 Å². The average molecular weight is 262 g/mol. The first-order valence-electron chi connectivity index (χ1n) is 4.84. The molecule has 88 valence electrons. The van der Waals surface area contributed by atoms with Crippen molar-refractivity contribution in [3.05, 3.63) is 35.9 Å². The number of alkyl halides is 2. The number of rotatable bonds is 4. The van der Waals surface area contributed by atoms with Crippen molar-refractivity contribution < 1.29 is 9.90 Å². The Hall–Kier alpha value is -0.770. The van der Waals surface area contributed by atoms with E-state index in [-0.39, 0.29) is 0 Å². The number of carbonyl (C=O) groups excluding carboxylic acids is 1. The van der Waals surface area contributed by atoms with Gasteiger partial charge in [0.25, 0.3) is 5.91 Å². The number of aliphatic hydroxyl groups is 1. The van der Waals surface area contributed by atoms with Gasteiger partial charge in [-0.15, -0.1) is 0 Å². The Morgan fingerprint density at radius 3 is 2.38 bits per heavy atom. The van der Waals surface area contributed by atoms with Crippen molar-refractivity contribution in [2.75, 3.05) is 0 Å². The lowest BCUT2D eigenvalue weighted by molar-refractivity contribution is -0.120. The highest BCUT2D eigenvalue weighted by Gasteiger charge is 2.20. The molecule has 1 rings (SSSR count). The maximum absolute atomic E-state index is 11.2. The van der Waals surface area contributed by atoms with Gasteiger partial charge in [0.2, 0.25) is 0 Å². The average Bonchev–Trinajstić information content (AvgIpc) is 2.28. The molecular formula is C11H13Cl2NO2. The molecule has 3 nitrogen and oxygen atoms in total. The molecule has 1 aromatic carbocycles. The van der Waals surface area contributed by atoms with Crippen molar-refractivity contribution >= 4 is 29.1 Å². The Kier molecular flexibility index (Phi) is 5.06. The topological polar surface area (TPSA) is 49.3 Å². The predicted molar refractivity (Wildman–Crippen MR) is 64.5 cm³/mol. The Balaban J connectivity index is 2.61. The fraction of sp³-hybridized carbons (Fsp3) is 0.364. The Morgan fingerprint density at radius 1 is 1.31 bits per heavy atom. The van der Waals surface area contributed by atoms with Crippen LogP contribution in [-0.4, -0.2) is 21.9 Å². The third-order valence-electron chi connectivity index (χ3n) is 2.18. The molecule has 16 heavy (non-hydrogen) atoms. The van der Waals surface area contributed by atoms with Crippen LogP contribution in [0, 0.1) is 0 Å². The number of carbonyl (C=O) groups is 1. The quantitative estimate of drug-likeness (QED) is 0.816. The van der Waals surface area contributed by atoms with E-state index in [9.17, 15) is 9.90 Å². The highest BCUT2D eigenvalue weighted by molar-refractivity contribution is 6.53. The van der Waals surface area contributed by atoms with Crippen LogP contribution in [-0.2, 0) is 4.79 Å². The van der Waals surface area contributed by atoms with Gasteiger partial charge in [-0.2, -0.15) is 0 Å². The first kappa shape index (κ1) is 13.3. The summed E-state index contributed by atoms with van der Waals surface area (Å²) in [5, 5.41) is 12.4. The number of aliphatic hydroxyl groups excluding tert-OH is 1. The van der Waals surface area contributed by atoms with E-state index >= 15 is 0 Å². The second-order valence-electron chi connectivity index (χ2n) is 3.45. The first-order valence-corrected chi connectivity index (χ1v) is 5.71. The minimum Gasteiger partial charge on any atom is -0.386 e. The fourth-order valence-corrected chi connectivity index (χ4v) is 1.43. The van der Waals surface area contributed by atoms with E-state index in [1.54, 1.807) is 19.1 Å². The molecular weight excluding hydrogens is 249 g/mol.